The lowest BCUT2D eigenvalue weighted by atomic mass is 10.2. The first-order chi connectivity index (χ1) is 10.1. The van der Waals surface area contributed by atoms with E-state index < -0.39 is 0 Å². The molecule has 3 rings (SSSR count). The first kappa shape index (κ1) is 14.6. The van der Waals surface area contributed by atoms with Crippen molar-refractivity contribution in [2.45, 2.75) is 39.0 Å². The van der Waals surface area contributed by atoms with Crippen molar-refractivity contribution in [1.82, 2.24) is 5.32 Å². The van der Waals surface area contributed by atoms with E-state index in [9.17, 15) is 4.39 Å². The molecule has 1 heterocycles. The van der Waals surface area contributed by atoms with Crippen molar-refractivity contribution in [2.24, 2.45) is 0 Å². The summed E-state index contributed by atoms with van der Waals surface area (Å²) in [6.07, 6.45) is 2.51. The van der Waals surface area contributed by atoms with Crippen LogP contribution in [-0.2, 0) is 13.2 Å². The summed E-state index contributed by atoms with van der Waals surface area (Å²) in [5, 5.41) is 3.43. The van der Waals surface area contributed by atoms with E-state index in [1.807, 2.05) is 13.0 Å². The van der Waals surface area contributed by atoms with Crippen LogP contribution in [0.4, 0.5) is 4.39 Å². The van der Waals surface area contributed by atoms with Gasteiger partial charge >= 0.3 is 0 Å². The SMILES string of the molecule is Cc1cc(COc2cc(F)ccc2Br)oc1CNC1CC1. The summed E-state index contributed by atoms with van der Waals surface area (Å²) in [4.78, 5) is 0. The van der Waals surface area contributed by atoms with Gasteiger partial charge in [-0.1, -0.05) is 0 Å². The van der Waals surface area contributed by atoms with Crippen LogP contribution in [0.25, 0.3) is 0 Å². The zero-order valence-corrected chi connectivity index (χ0v) is 13.4. The molecule has 1 aliphatic rings. The van der Waals surface area contributed by atoms with Crippen LogP contribution >= 0.6 is 15.9 Å². The van der Waals surface area contributed by atoms with E-state index in [4.69, 9.17) is 9.15 Å². The highest BCUT2D eigenvalue weighted by atomic mass is 79.9. The molecule has 112 valence electrons. The van der Waals surface area contributed by atoms with Crippen molar-refractivity contribution in [1.29, 1.82) is 0 Å². The molecule has 1 aliphatic carbocycles. The van der Waals surface area contributed by atoms with E-state index in [0.717, 1.165) is 28.1 Å². The minimum atomic E-state index is -0.321. The van der Waals surface area contributed by atoms with Gasteiger partial charge in [0.2, 0.25) is 0 Å². The van der Waals surface area contributed by atoms with Gasteiger partial charge in [0.1, 0.15) is 29.7 Å². The first-order valence-corrected chi connectivity index (χ1v) is 7.80. The molecular weight excluding hydrogens is 337 g/mol. The van der Waals surface area contributed by atoms with Crippen LogP contribution in [0.15, 0.2) is 33.2 Å². The van der Waals surface area contributed by atoms with Gasteiger partial charge in [0, 0.05) is 12.1 Å². The maximum Gasteiger partial charge on any atom is 0.146 e. The summed E-state index contributed by atoms with van der Waals surface area (Å²) in [5.74, 6) is 1.84. The number of nitrogens with one attached hydrogen (secondary N) is 1. The number of halogens is 2. The normalized spacial score (nSPS) is 14.4. The van der Waals surface area contributed by atoms with Gasteiger partial charge < -0.3 is 14.5 Å². The molecule has 1 saturated carbocycles. The second-order valence-corrected chi connectivity index (χ2v) is 6.19. The van der Waals surface area contributed by atoms with Gasteiger partial charge in [-0.15, -0.1) is 0 Å². The highest BCUT2D eigenvalue weighted by Gasteiger charge is 2.21. The van der Waals surface area contributed by atoms with E-state index in [-0.39, 0.29) is 12.4 Å². The van der Waals surface area contributed by atoms with E-state index >= 15 is 0 Å². The van der Waals surface area contributed by atoms with Gasteiger partial charge in [-0.2, -0.15) is 0 Å². The standard InChI is InChI=1S/C16H17BrFNO2/c1-10-6-13(21-16(10)8-19-12-3-4-12)9-20-15-7-11(18)2-5-14(15)17/h2,5-7,12,19H,3-4,8-9H2,1H3. The van der Waals surface area contributed by atoms with Crippen LogP contribution in [0.1, 0.15) is 29.9 Å². The Morgan fingerprint density at radius 2 is 2.19 bits per heavy atom. The maximum atomic E-state index is 13.2. The Labute approximate surface area is 131 Å². The van der Waals surface area contributed by atoms with Gasteiger partial charge in [0.05, 0.1) is 11.0 Å². The lowest BCUT2D eigenvalue weighted by Crippen LogP contribution is -2.15. The Hall–Kier alpha value is -1.33. The second kappa shape index (κ2) is 6.20. The molecule has 0 saturated heterocycles. The van der Waals surface area contributed by atoms with Crippen LogP contribution in [0.2, 0.25) is 0 Å². The minimum Gasteiger partial charge on any atom is -0.484 e. The Kier molecular flexibility index (Phi) is 4.31. The third-order valence-corrected chi connectivity index (χ3v) is 4.12. The average Bonchev–Trinajstić information content (AvgIpc) is 3.21. The summed E-state index contributed by atoms with van der Waals surface area (Å²) >= 11 is 3.34. The van der Waals surface area contributed by atoms with Gasteiger partial charge in [-0.3, -0.25) is 0 Å². The number of rotatable bonds is 6. The van der Waals surface area contributed by atoms with E-state index in [1.54, 1.807) is 6.07 Å². The number of hydrogen-bond donors (Lipinski definition) is 1. The molecule has 1 N–H and O–H groups in total. The quantitative estimate of drug-likeness (QED) is 0.839. The van der Waals surface area contributed by atoms with Crippen molar-refractivity contribution in [3.05, 3.63) is 51.6 Å². The zero-order valence-electron chi connectivity index (χ0n) is 11.8. The van der Waals surface area contributed by atoms with Gasteiger partial charge in [-0.25, -0.2) is 4.39 Å². The highest BCUT2D eigenvalue weighted by molar-refractivity contribution is 9.10. The molecule has 0 spiro atoms. The van der Waals surface area contributed by atoms with Crippen LogP contribution in [0.3, 0.4) is 0 Å². The van der Waals surface area contributed by atoms with Crippen molar-refractivity contribution < 1.29 is 13.5 Å². The minimum absolute atomic E-state index is 0.284. The molecule has 2 aromatic rings. The Balaban J connectivity index is 1.61. The van der Waals surface area contributed by atoms with Crippen LogP contribution in [0, 0.1) is 12.7 Å². The van der Waals surface area contributed by atoms with E-state index in [1.165, 1.54) is 25.0 Å². The molecule has 1 fully saturated rings. The largest absolute Gasteiger partial charge is 0.484 e. The lowest BCUT2D eigenvalue weighted by Gasteiger charge is -2.06. The van der Waals surface area contributed by atoms with Crippen molar-refractivity contribution in [3.63, 3.8) is 0 Å². The second-order valence-electron chi connectivity index (χ2n) is 5.34. The maximum absolute atomic E-state index is 13.2. The van der Waals surface area contributed by atoms with Crippen LogP contribution in [0.5, 0.6) is 5.75 Å². The van der Waals surface area contributed by atoms with E-state index in [2.05, 4.69) is 21.2 Å². The molecule has 0 aliphatic heterocycles. The molecule has 0 amide bonds. The molecule has 5 heteroatoms. The average molecular weight is 354 g/mol. The molecule has 1 aromatic carbocycles. The van der Waals surface area contributed by atoms with E-state index in [0.29, 0.717) is 11.8 Å². The monoisotopic (exact) mass is 353 g/mol. The fourth-order valence-corrected chi connectivity index (χ4v) is 2.46. The number of ether oxygens (including phenoxy) is 1. The topological polar surface area (TPSA) is 34.4 Å². The Morgan fingerprint density at radius 1 is 1.38 bits per heavy atom. The van der Waals surface area contributed by atoms with Crippen LogP contribution in [-0.4, -0.2) is 6.04 Å². The lowest BCUT2D eigenvalue weighted by molar-refractivity contribution is 0.262. The molecule has 0 radical (unpaired) electrons. The molecule has 1 aromatic heterocycles. The predicted octanol–water partition coefficient (Wildman–Crippen LogP) is 4.32. The number of furan rings is 1. The summed E-state index contributed by atoms with van der Waals surface area (Å²) < 4.78 is 25.3. The Morgan fingerprint density at radius 3 is 2.95 bits per heavy atom. The Bertz CT molecular complexity index is 637. The van der Waals surface area contributed by atoms with Crippen molar-refractivity contribution in [2.75, 3.05) is 0 Å². The fraction of sp³-hybridized carbons (Fsp3) is 0.375. The van der Waals surface area contributed by atoms with Gasteiger partial charge in [0.25, 0.3) is 0 Å². The van der Waals surface area contributed by atoms with Gasteiger partial charge in [0.15, 0.2) is 0 Å². The van der Waals surface area contributed by atoms with Crippen LogP contribution < -0.4 is 10.1 Å². The summed E-state index contributed by atoms with van der Waals surface area (Å²) in [6.45, 7) is 3.06. The summed E-state index contributed by atoms with van der Waals surface area (Å²) in [5.41, 5.74) is 1.11. The highest BCUT2D eigenvalue weighted by Crippen LogP contribution is 2.27. The smallest absolute Gasteiger partial charge is 0.146 e. The molecular formula is C16H17BrFNO2. The van der Waals surface area contributed by atoms with Crippen molar-refractivity contribution >= 4 is 15.9 Å². The number of aryl methyl sites for hydroxylation is 1. The third kappa shape index (κ3) is 3.86. The molecule has 0 unspecified atom stereocenters. The molecule has 3 nitrogen and oxygen atoms in total. The molecule has 0 bridgehead atoms. The summed E-state index contributed by atoms with van der Waals surface area (Å²) in [6, 6.07) is 6.99. The van der Waals surface area contributed by atoms with Gasteiger partial charge in [-0.05, 0) is 59.5 Å². The molecule has 21 heavy (non-hydrogen) atoms. The summed E-state index contributed by atoms with van der Waals surface area (Å²) in [7, 11) is 0. The first-order valence-electron chi connectivity index (χ1n) is 7.01. The number of benzene rings is 1. The zero-order chi connectivity index (χ0) is 14.8. The number of hydrogen-bond acceptors (Lipinski definition) is 3. The predicted molar refractivity (Wildman–Crippen MR) is 81.7 cm³/mol. The molecule has 0 atom stereocenters. The third-order valence-electron chi connectivity index (χ3n) is 3.46. The fourth-order valence-electron chi connectivity index (χ4n) is 2.10. The van der Waals surface area contributed by atoms with Crippen molar-refractivity contribution in [3.8, 4) is 5.75 Å².